The van der Waals surface area contributed by atoms with Gasteiger partial charge in [-0.25, -0.2) is 0 Å². The summed E-state index contributed by atoms with van der Waals surface area (Å²) in [5.74, 6) is 0.418. The van der Waals surface area contributed by atoms with Crippen LogP contribution in [0.3, 0.4) is 0 Å². The molecule has 1 aliphatic heterocycles. The lowest BCUT2D eigenvalue weighted by molar-refractivity contribution is -0.125. The van der Waals surface area contributed by atoms with E-state index in [1.807, 2.05) is 0 Å². The Morgan fingerprint density at radius 3 is 2.06 bits per heavy atom. The molecule has 1 saturated heterocycles. The van der Waals surface area contributed by atoms with Gasteiger partial charge in [-0.1, -0.05) is 0 Å². The highest BCUT2D eigenvalue weighted by atomic mass is 35.5. The first kappa shape index (κ1) is 13.3. The third kappa shape index (κ3) is 3.64. The normalized spacial score (nSPS) is 22.6. The maximum absolute atomic E-state index is 11.3. The Kier molecular flexibility index (Phi) is 5.02. The summed E-state index contributed by atoms with van der Waals surface area (Å²) in [6.07, 6.45) is 2.95. The molecule has 5 nitrogen and oxygen atoms in total. The Labute approximate surface area is 101 Å². The van der Waals surface area contributed by atoms with E-state index in [4.69, 9.17) is 0 Å². The zero-order chi connectivity index (χ0) is 10.7. The van der Waals surface area contributed by atoms with Crippen LogP contribution in [0.25, 0.3) is 0 Å². The van der Waals surface area contributed by atoms with E-state index < -0.39 is 0 Å². The van der Waals surface area contributed by atoms with Crippen molar-refractivity contribution in [1.29, 1.82) is 0 Å². The van der Waals surface area contributed by atoms with Crippen LogP contribution in [0, 0.1) is 5.92 Å². The van der Waals surface area contributed by atoms with Crippen molar-refractivity contribution in [2.24, 2.45) is 5.92 Å². The van der Waals surface area contributed by atoms with E-state index >= 15 is 0 Å². The molecular weight excluding hydrogens is 230 g/mol. The Morgan fingerprint density at radius 2 is 1.62 bits per heavy atom. The average Bonchev–Trinajstić information content (AvgIpc) is 2.91. The lowest BCUT2D eigenvalue weighted by Crippen LogP contribution is -2.54. The number of nitrogens with one attached hydrogen (secondary N) is 3. The van der Waals surface area contributed by atoms with Crippen molar-refractivity contribution in [2.45, 2.75) is 25.3 Å². The first-order chi connectivity index (χ1) is 7.27. The maximum atomic E-state index is 11.3. The summed E-state index contributed by atoms with van der Waals surface area (Å²) in [4.78, 5) is 22.5. The van der Waals surface area contributed by atoms with Crippen LogP contribution in [-0.4, -0.2) is 37.5 Å². The van der Waals surface area contributed by atoms with Gasteiger partial charge in [0.25, 0.3) is 0 Å². The minimum atomic E-state index is -0.0101. The van der Waals surface area contributed by atoms with Crippen molar-refractivity contribution in [2.75, 3.05) is 19.6 Å². The highest BCUT2D eigenvalue weighted by Crippen LogP contribution is 2.28. The fourth-order valence-electron chi connectivity index (χ4n) is 1.50. The van der Waals surface area contributed by atoms with Crippen LogP contribution >= 0.6 is 12.4 Å². The van der Waals surface area contributed by atoms with E-state index in [1.54, 1.807) is 0 Å². The van der Waals surface area contributed by atoms with E-state index in [0.717, 1.165) is 25.8 Å². The standard InChI is InChI=1S/C10H17N3O2.ClH/c14-9(7-1-2-7)12-5-6-13-10(15)8-3-4-11-8;/h7-8,11H,1-6H2,(H,12,14)(H,13,15);1H/t8-;/m1./s1. The van der Waals surface area contributed by atoms with Gasteiger partial charge in [0, 0.05) is 19.0 Å². The van der Waals surface area contributed by atoms with Crippen LogP contribution in [0.2, 0.25) is 0 Å². The second-order valence-electron chi connectivity index (χ2n) is 4.15. The van der Waals surface area contributed by atoms with Gasteiger partial charge >= 0.3 is 0 Å². The molecule has 1 atom stereocenters. The van der Waals surface area contributed by atoms with Crippen molar-refractivity contribution in [1.82, 2.24) is 16.0 Å². The molecule has 2 aliphatic rings. The van der Waals surface area contributed by atoms with Crippen molar-refractivity contribution >= 4 is 24.2 Å². The Morgan fingerprint density at radius 1 is 1.06 bits per heavy atom. The largest absolute Gasteiger partial charge is 0.354 e. The third-order valence-electron chi connectivity index (χ3n) is 2.81. The topological polar surface area (TPSA) is 70.2 Å². The van der Waals surface area contributed by atoms with E-state index in [2.05, 4.69) is 16.0 Å². The Balaban J connectivity index is 0.00000128. The number of hydrogen-bond acceptors (Lipinski definition) is 3. The molecule has 92 valence electrons. The summed E-state index contributed by atoms with van der Waals surface area (Å²) in [6.45, 7) is 1.99. The van der Waals surface area contributed by atoms with Gasteiger partial charge in [0.1, 0.15) is 0 Å². The van der Waals surface area contributed by atoms with Crippen LogP contribution < -0.4 is 16.0 Å². The molecule has 0 unspecified atom stereocenters. The summed E-state index contributed by atoms with van der Waals surface area (Å²) < 4.78 is 0. The second-order valence-corrected chi connectivity index (χ2v) is 4.15. The van der Waals surface area contributed by atoms with Crippen LogP contribution in [0.5, 0.6) is 0 Å². The zero-order valence-corrected chi connectivity index (χ0v) is 9.94. The van der Waals surface area contributed by atoms with Crippen LogP contribution in [0.15, 0.2) is 0 Å². The van der Waals surface area contributed by atoms with Gasteiger partial charge in [0.05, 0.1) is 6.04 Å². The molecule has 2 rings (SSSR count). The van der Waals surface area contributed by atoms with Crippen molar-refractivity contribution in [3.05, 3.63) is 0 Å². The summed E-state index contributed by atoms with van der Waals surface area (Å²) in [5.41, 5.74) is 0. The smallest absolute Gasteiger partial charge is 0.237 e. The zero-order valence-electron chi connectivity index (χ0n) is 9.12. The highest BCUT2D eigenvalue weighted by Gasteiger charge is 2.29. The quantitative estimate of drug-likeness (QED) is 0.569. The van der Waals surface area contributed by atoms with Gasteiger partial charge < -0.3 is 16.0 Å². The molecule has 2 fully saturated rings. The van der Waals surface area contributed by atoms with Crippen molar-refractivity contribution in [3.8, 4) is 0 Å². The SMILES string of the molecule is Cl.O=C(NCCNC(=O)[C@H]1CCN1)C1CC1. The van der Waals surface area contributed by atoms with Gasteiger partial charge in [0.15, 0.2) is 0 Å². The molecule has 3 N–H and O–H groups in total. The summed E-state index contributed by atoms with van der Waals surface area (Å²) in [6, 6.07) is -0.0101. The number of amides is 2. The van der Waals surface area contributed by atoms with Gasteiger partial charge in [0.2, 0.25) is 11.8 Å². The molecule has 0 aromatic carbocycles. The highest BCUT2D eigenvalue weighted by molar-refractivity contribution is 5.85. The predicted molar refractivity (Wildman–Crippen MR) is 62.4 cm³/mol. The fraction of sp³-hybridized carbons (Fsp3) is 0.800. The third-order valence-corrected chi connectivity index (χ3v) is 2.81. The first-order valence-corrected chi connectivity index (χ1v) is 5.56. The number of hydrogen-bond donors (Lipinski definition) is 3. The molecule has 1 aliphatic carbocycles. The lowest BCUT2D eigenvalue weighted by atomic mass is 10.1. The fourth-order valence-corrected chi connectivity index (χ4v) is 1.50. The van der Waals surface area contributed by atoms with E-state index in [1.165, 1.54) is 0 Å². The van der Waals surface area contributed by atoms with E-state index in [0.29, 0.717) is 13.1 Å². The van der Waals surface area contributed by atoms with Gasteiger partial charge in [-0.15, -0.1) is 12.4 Å². The van der Waals surface area contributed by atoms with E-state index in [-0.39, 0.29) is 36.2 Å². The lowest BCUT2D eigenvalue weighted by Gasteiger charge is -2.26. The predicted octanol–water partition coefficient (Wildman–Crippen LogP) is -0.587. The molecule has 1 heterocycles. The molecule has 6 heteroatoms. The molecule has 16 heavy (non-hydrogen) atoms. The molecule has 1 saturated carbocycles. The van der Waals surface area contributed by atoms with Crippen LogP contribution in [0.1, 0.15) is 19.3 Å². The van der Waals surface area contributed by atoms with Crippen molar-refractivity contribution in [3.63, 3.8) is 0 Å². The second kappa shape index (κ2) is 6.06. The minimum absolute atomic E-state index is 0. The monoisotopic (exact) mass is 247 g/mol. The number of rotatable bonds is 5. The van der Waals surface area contributed by atoms with Gasteiger partial charge in [-0.2, -0.15) is 0 Å². The molecule has 2 amide bonds. The summed E-state index contributed by atoms with van der Waals surface area (Å²) in [5, 5.41) is 8.61. The molecule has 0 bridgehead atoms. The van der Waals surface area contributed by atoms with Crippen LogP contribution in [-0.2, 0) is 9.59 Å². The molecular formula is C10H18ClN3O2. The van der Waals surface area contributed by atoms with Gasteiger partial charge in [-0.05, 0) is 25.8 Å². The van der Waals surface area contributed by atoms with Crippen LogP contribution in [0.4, 0.5) is 0 Å². The average molecular weight is 248 g/mol. The summed E-state index contributed by atoms with van der Waals surface area (Å²) >= 11 is 0. The van der Waals surface area contributed by atoms with Gasteiger partial charge in [-0.3, -0.25) is 9.59 Å². The number of carbonyl (C=O) groups excluding carboxylic acids is 2. The molecule has 0 aromatic heterocycles. The minimum Gasteiger partial charge on any atom is -0.354 e. The molecule has 0 radical (unpaired) electrons. The van der Waals surface area contributed by atoms with Crippen molar-refractivity contribution < 1.29 is 9.59 Å². The maximum Gasteiger partial charge on any atom is 0.237 e. The Hall–Kier alpha value is -0.810. The molecule has 0 aromatic rings. The number of carbonyl (C=O) groups is 2. The summed E-state index contributed by atoms with van der Waals surface area (Å²) in [7, 11) is 0. The number of halogens is 1. The first-order valence-electron chi connectivity index (χ1n) is 5.56. The molecule has 0 spiro atoms. The Bertz CT molecular complexity index is 265. The van der Waals surface area contributed by atoms with E-state index in [9.17, 15) is 9.59 Å².